The first kappa shape index (κ1) is 19.4. The summed E-state index contributed by atoms with van der Waals surface area (Å²) in [6, 6.07) is 9.04. The van der Waals surface area contributed by atoms with E-state index in [1.165, 1.54) is 55.6 Å². The van der Waals surface area contributed by atoms with Crippen LogP contribution in [0, 0.1) is 0 Å². The van der Waals surface area contributed by atoms with Gasteiger partial charge >= 0.3 is 0 Å². The van der Waals surface area contributed by atoms with E-state index >= 15 is 0 Å². The highest BCUT2D eigenvalue weighted by Crippen LogP contribution is 2.28. The Bertz CT molecular complexity index is 1060. The van der Waals surface area contributed by atoms with Crippen molar-refractivity contribution in [3.8, 4) is 0 Å². The van der Waals surface area contributed by atoms with Gasteiger partial charge < -0.3 is 4.90 Å². The zero-order valence-electron chi connectivity index (χ0n) is 15.5. The average molecular weight is 395 g/mol. The molecule has 0 spiro atoms. The van der Waals surface area contributed by atoms with Gasteiger partial charge in [-0.2, -0.15) is 5.11 Å². The summed E-state index contributed by atoms with van der Waals surface area (Å²) >= 11 is 1.30. The van der Waals surface area contributed by atoms with Crippen LogP contribution < -0.4 is 0 Å². The van der Waals surface area contributed by atoms with Crippen LogP contribution in [0.25, 0.3) is 10.2 Å². The summed E-state index contributed by atoms with van der Waals surface area (Å²) < 4.78 is 0.921. The zero-order chi connectivity index (χ0) is 20.3. The van der Waals surface area contributed by atoms with Crippen LogP contribution in [0.15, 0.2) is 52.8 Å². The van der Waals surface area contributed by atoms with E-state index in [0.29, 0.717) is 5.13 Å². The minimum atomic E-state index is -1.43. The fraction of sp³-hybridized carbons (Fsp3) is 0.211. The predicted molar refractivity (Wildman–Crippen MR) is 105 cm³/mol. The molecule has 142 valence electrons. The molecule has 9 heteroatoms. The Morgan fingerprint density at radius 1 is 1.11 bits per heavy atom. The lowest BCUT2D eigenvalue weighted by molar-refractivity contribution is -0.128. The van der Waals surface area contributed by atoms with E-state index in [1.54, 1.807) is 0 Å². The second-order valence-corrected chi connectivity index (χ2v) is 7.14. The number of Topliss-reactive ketones (excluding diaryl/α,β-unsaturated/α-hetero) is 2. The predicted octanol–water partition coefficient (Wildman–Crippen LogP) is 3.32. The number of aromatic nitrogens is 2. The van der Waals surface area contributed by atoms with E-state index in [2.05, 4.69) is 20.2 Å². The number of rotatable bonds is 6. The number of nitrogens with zero attached hydrogens (tertiary/aromatic N) is 5. The molecular weight excluding hydrogens is 378 g/mol. The Balaban J connectivity index is 1.98. The van der Waals surface area contributed by atoms with Crippen molar-refractivity contribution in [1.82, 2.24) is 14.9 Å². The second kappa shape index (κ2) is 8.13. The summed E-state index contributed by atoms with van der Waals surface area (Å²) in [6.07, 6.45) is 1.42. The summed E-state index contributed by atoms with van der Waals surface area (Å²) in [4.78, 5) is 46.9. The van der Waals surface area contributed by atoms with Gasteiger partial charge in [0, 0.05) is 32.8 Å². The van der Waals surface area contributed by atoms with Gasteiger partial charge in [0.15, 0.2) is 5.78 Å². The van der Waals surface area contributed by atoms with Gasteiger partial charge in [-0.25, -0.2) is 4.98 Å². The van der Waals surface area contributed by atoms with Crippen molar-refractivity contribution in [1.29, 1.82) is 0 Å². The molecule has 3 aromatic rings. The fourth-order valence-electron chi connectivity index (χ4n) is 2.50. The molecule has 0 saturated heterocycles. The summed E-state index contributed by atoms with van der Waals surface area (Å²) in [5, 5.41) is 8.34. The minimum absolute atomic E-state index is 0.000701. The molecule has 1 atom stereocenters. The maximum atomic E-state index is 13.0. The lowest BCUT2D eigenvalue weighted by atomic mass is 10.0. The molecular formula is C19H17N5O3S. The number of carbonyl (C=O) groups is 3. The maximum absolute atomic E-state index is 13.0. The molecule has 0 aliphatic heterocycles. The number of benzene rings is 1. The SMILES string of the molecule is CC(=O)c1ncccc1C(=O)C(N=Nc1nc2ccccc2s1)C(=O)N(C)C. The van der Waals surface area contributed by atoms with Crippen molar-refractivity contribution in [3.05, 3.63) is 53.9 Å². The molecule has 0 radical (unpaired) electrons. The molecule has 1 amide bonds. The van der Waals surface area contributed by atoms with E-state index in [1.807, 2.05) is 24.3 Å². The molecule has 0 fully saturated rings. The normalized spacial score (nSPS) is 12.2. The van der Waals surface area contributed by atoms with E-state index in [4.69, 9.17) is 0 Å². The first-order valence-electron chi connectivity index (χ1n) is 8.36. The zero-order valence-corrected chi connectivity index (χ0v) is 16.3. The molecule has 0 aliphatic rings. The van der Waals surface area contributed by atoms with Crippen molar-refractivity contribution >= 4 is 44.2 Å². The first-order valence-corrected chi connectivity index (χ1v) is 9.18. The maximum Gasteiger partial charge on any atom is 0.256 e. The second-order valence-electron chi connectivity index (χ2n) is 6.13. The van der Waals surface area contributed by atoms with Gasteiger partial charge in [0.1, 0.15) is 5.69 Å². The smallest absolute Gasteiger partial charge is 0.256 e. The number of hydrogen-bond acceptors (Lipinski definition) is 8. The standard InChI is InChI=1S/C19H17N5O3S/c1-11(25)15-12(7-6-10-20-15)17(26)16(18(27)24(2)3)22-23-19-21-13-8-4-5-9-14(13)28-19/h4-10,16H,1-3H3. The van der Waals surface area contributed by atoms with Gasteiger partial charge in [-0.05, 0) is 24.3 Å². The Morgan fingerprint density at radius 2 is 1.86 bits per heavy atom. The van der Waals surface area contributed by atoms with Gasteiger partial charge in [0.2, 0.25) is 17.0 Å². The van der Waals surface area contributed by atoms with Gasteiger partial charge in [0.25, 0.3) is 5.91 Å². The number of para-hydroxylation sites is 1. The third-order valence-electron chi connectivity index (χ3n) is 3.87. The average Bonchev–Trinajstić information content (AvgIpc) is 3.10. The van der Waals surface area contributed by atoms with Gasteiger partial charge in [-0.15, -0.1) is 5.11 Å². The molecule has 1 unspecified atom stereocenters. The van der Waals surface area contributed by atoms with Crippen molar-refractivity contribution in [2.24, 2.45) is 10.2 Å². The van der Waals surface area contributed by atoms with E-state index in [0.717, 1.165) is 10.2 Å². The van der Waals surface area contributed by atoms with E-state index in [9.17, 15) is 14.4 Å². The Morgan fingerprint density at radius 3 is 2.54 bits per heavy atom. The van der Waals surface area contributed by atoms with E-state index < -0.39 is 17.7 Å². The number of azo groups is 1. The summed E-state index contributed by atoms with van der Waals surface area (Å²) in [6.45, 7) is 1.31. The van der Waals surface area contributed by atoms with Crippen LogP contribution in [-0.2, 0) is 4.79 Å². The largest absolute Gasteiger partial charge is 0.346 e. The first-order chi connectivity index (χ1) is 13.4. The number of carbonyl (C=O) groups excluding carboxylic acids is 3. The molecule has 0 bridgehead atoms. The number of pyridine rings is 1. The van der Waals surface area contributed by atoms with Crippen molar-refractivity contribution in [2.45, 2.75) is 13.0 Å². The minimum Gasteiger partial charge on any atom is -0.346 e. The van der Waals surface area contributed by atoms with Crippen LogP contribution in [-0.4, -0.2) is 52.5 Å². The number of thiazole rings is 1. The van der Waals surface area contributed by atoms with Gasteiger partial charge in [-0.1, -0.05) is 23.5 Å². The summed E-state index contributed by atoms with van der Waals surface area (Å²) in [7, 11) is 3.04. The molecule has 28 heavy (non-hydrogen) atoms. The summed E-state index contributed by atoms with van der Waals surface area (Å²) in [5.74, 6) is -1.56. The van der Waals surface area contributed by atoms with Crippen molar-refractivity contribution < 1.29 is 14.4 Å². The number of amides is 1. The number of likely N-dealkylation sites (N-methyl/N-ethyl adjacent to an activating group) is 1. The number of ketones is 2. The monoisotopic (exact) mass is 395 g/mol. The molecule has 2 aromatic heterocycles. The third kappa shape index (κ3) is 3.99. The fourth-order valence-corrected chi connectivity index (χ4v) is 3.29. The molecule has 0 saturated carbocycles. The van der Waals surface area contributed by atoms with Crippen LogP contribution in [0.1, 0.15) is 27.8 Å². The van der Waals surface area contributed by atoms with Crippen LogP contribution in [0.4, 0.5) is 5.13 Å². The highest BCUT2D eigenvalue weighted by Gasteiger charge is 2.31. The third-order valence-corrected chi connectivity index (χ3v) is 4.79. The quantitative estimate of drug-likeness (QED) is 0.362. The van der Waals surface area contributed by atoms with Crippen LogP contribution in [0.2, 0.25) is 0 Å². The van der Waals surface area contributed by atoms with Crippen molar-refractivity contribution in [2.75, 3.05) is 14.1 Å². The lowest BCUT2D eigenvalue weighted by Crippen LogP contribution is -2.38. The van der Waals surface area contributed by atoms with E-state index in [-0.39, 0.29) is 17.0 Å². The topological polar surface area (TPSA) is 105 Å². The number of hydrogen-bond donors (Lipinski definition) is 0. The molecule has 3 rings (SSSR count). The Kier molecular flexibility index (Phi) is 5.65. The van der Waals surface area contributed by atoms with Crippen LogP contribution in [0.3, 0.4) is 0 Å². The highest BCUT2D eigenvalue weighted by atomic mass is 32.1. The van der Waals surface area contributed by atoms with Gasteiger partial charge in [0.05, 0.1) is 10.2 Å². The highest BCUT2D eigenvalue weighted by molar-refractivity contribution is 7.21. The molecule has 0 N–H and O–H groups in total. The van der Waals surface area contributed by atoms with Crippen LogP contribution in [0.5, 0.6) is 0 Å². The molecule has 8 nitrogen and oxygen atoms in total. The van der Waals surface area contributed by atoms with Crippen LogP contribution >= 0.6 is 11.3 Å². The Hall–Kier alpha value is -3.33. The molecule has 1 aromatic carbocycles. The van der Waals surface area contributed by atoms with Crippen molar-refractivity contribution in [3.63, 3.8) is 0 Å². The Labute approximate surface area is 164 Å². The number of fused-ring (bicyclic) bond motifs is 1. The molecule has 0 aliphatic carbocycles. The summed E-state index contributed by atoms with van der Waals surface area (Å²) in [5.41, 5.74) is 0.798. The molecule has 2 heterocycles. The van der Waals surface area contributed by atoms with Gasteiger partial charge in [-0.3, -0.25) is 19.4 Å². The lowest BCUT2D eigenvalue weighted by Gasteiger charge is -2.16.